The maximum Gasteiger partial charge on any atom is 0.270 e. The van der Waals surface area contributed by atoms with E-state index in [1.165, 1.54) is 22.7 Å². The van der Waals surface area contributed by atoms with Crippen LogP contribution in [0.3, 0.4) is 0 Å². The Morgan fingerprint density at radius 2 is 1.81 bits per heavy atom. The van der Waals surface area contributed by atoms with Gasteiger partial charge >= 0.3 is 0 Å². The molecular weight excluding hydrogens is 520 g/mol. The van der Waals surface area contributed by atoms with Gasteiger partial charge in [0, 0.05) is 9.92 Å². The largest absolute Gasteiger partial charge is 0.449 e. The smallest absolute Gasteiger partial charge is 0.270 e. The number of aryl methyl sites for hydroxylation is 1. The molecule has 1 fully saturated rings. The van der Waals surface area contributed by atoms with E-state index in [1.807, 2.05) is 31.2 Å². The minimum atomic E-state index is -0.571. The number of nitrogens with zero attached hydrogens (tertiary/aromatic N) is 1. The number of amides is 2. The van der Waals surface area contributed by atoms with Crippen molar-refractivity contribution in [2.24, 2.45) is 0 Å². The Balaban J connectivity index is 1.63. The molecule has 0 atom stereocenters. The Labute approximate surface area is 201 Å². The van der Waals surface area contributed by atoms with Gasteiger partial charge in [0.05, 0.1) is 10.2 Å². The van der Waals surface area contributed by atoms with Gasteiger partial charge in [-0.2, -0.15) is 0 Å². The number of carbonyl (C=O) groups excluding carboxylic acids is 2. The average molecular weight is 534 g/mol. The van der Waals surface area contributed by atoms with Crippen LogP contribution in [-0.2, 0) is 9.59 Å². The van der Waals surface area contributed by atoms with Gasteiger partial charge < -0.3 is 4.42 Å². The van der Waals surface area contributed by atoms with Gasteiger partial charge in [-0.05, 0) is 83.6 Å². The highest BCUT2D eigenvalue weighted by Gasteiger charge is 2.34. The quantitative estimate of drug-likeness (QED) is 0.254. The number of rotatable bonds is 4. The zero-order valence-corrected chi connectivity index (χ0v) is 20.0. The first-order chi connectivity index (χ1) is 14.8. The summed E-state index contributed by atoms with van der Waals surface area (Å²) in [6.45, 7) is 1.95. The number of carbonyl (C=O) groups is 2. The van der Waals surface area contributed by atoms with Gasteiger partial charge in [-0.3, -0.25) is 19.8 Å². The molecule has 0 unspecified atom stereocenters. The molecule has 2 amide bonds. The number of hydrogen-bond acceptors (Lipinski definition) is 5. The summed E-state index contributed by atoms with van der Waals surface area (Å²) in [4.78, 5) is 27.8. The number of benzene rings is 2. The summed E-state index contributed by atoms with van der Waals surface area (Å²) < 4.78 is 6.56. The molecule has 0 saturated carbocycles. The lowest BCUT2D eigenvalue weighted by atomic mass is 10.1. The van der Waals surface area contributed by atoms with Crippen molar-refractivity contribution in [1.82, 2.24) is 5.32 Å². The van der Waals surface area contributed by atoms with Crippen LogP contribution < -0.4 is 10.2 Å². The zero-order chi connectivity index (χ0) is 22.1. The Morgan fingerprint density at radius 1 is 1.13 bits per heavy atom. The third kappa shape index (κ3) is 4.77. The SMILES string of the molecule is Cc1ccc(N2C(=O)/C(=C/c3cc(Br)c(Sc4ccc(Cl)cc4)o3)C(=O)NC2=S)cc1. The van der Waals surface area contributed by atoms with Gasteiger partial charge in [0.15, 0.2) is 10.2 Å². The number of hydrogen-bond donors (Lipinski definition) is 1. The molecule has 1 aromatic heterocycles. The molecule has 2 aromatic carbocycles. The molecule has 0 radical (unpaired) electrons. The van der Waals surface area contributed by atoms with Crippen LogP contribution in [0, 0.1) is 6.92 Å². The standard InChI is InChI=1S/C22H14BrClN2O3S2/c1-12-2-6-14(7-3-12)26-20(28)17(19(27)25-22(26)30)10-15-11-18(23)21(29-15)31-16-8-4-13(24)5-9-16/h2-11H,1H3,(H,25,27,30)/b17-10+. The minimum Gasteiger partial charge on any atom is -0.449 e. The van der Waals surface area contributed by atoms with E-state index in [1.54, 1.807) is 30.3 Å². The molecule has 1 aliphatic heterocycles. The summed E-state index contributed by atoms with van der Waals surface area (Å²) in [5.41, 5.74) is 1.55. The first-order valence-corrected chi connectivity index (χ1v) is 11.4. The van der Waals surface area contributed by atoms with E-state index in [2.05, 4.69) is 21.2 Å². The second kappa shape index (κ2) is 9.00. The van der Waals surface area contributed by atoms with E-state index >= 15 is 0 Å². The van der Waals surface area contributed by atoms with Crippen molar-refractivity contribution in [3.8, 4) is 0 Å². The zero-order valence-electron chi connectivity index (χ0n) is 16.0. The van der Waals surface area contributed by atoms with Crippen molar-refractivity contribution < 1.29 is 14.0 Å². The molecule has 1 aliphatic rings. The van der Waals surface area contributed by atoms with E-state index in [-0.39, 0.29) is 10.7 Å². The summed E-state index contributed by atoms with van der Waals surface area (Å²) >= 11 is 16.0. The summed E-state index contributed by atoms with van der Waals surface area (Å²) in [7, 11) is 0. The Bertz CT molecular complexity index is 1220. The molecule has 9 heteroatoms. The third-order valence-corrected chi connectivity index (χ3v) is 6.76. The summed E-state index contributed by atoms with van der Waals surface area (Å²) in [6, 6.07) is 16.3. The fourth-order valence-corrected chi connectivity index (χ4v) is 4.58. The van der Waals surface area contributed by atoms with Crippen molar-refractivity contribution >= 4 is 80.2 Å². The molecule has 1 N–H and O–H groups in total. The molecule has 156 valence electrons. The number of halogens is 2. The highest BCUT2D eigenvalue weighted by Crippen LogP contribution is 2.37. The predicted molar refractivity (Wildman–Crippen MR) is 129 cm³/mol. The number of thiocarbonyl (C=S) groups is 1. The minimum absolute atomic E-state index is 0.0376. The van der Waals surface area contributed by atoms with Crippen LogP contribution in [0.15, 0.2) is 79.0 Å². The first kappa shape index (κ1) is 21.8. The first-order valence-electron chi connectivity index (χ1n) is 9.03. The van der Waals surface area contributed by atoms with Crippen molar-refractivity contribution in [2.75, 3.05) is 4.90 Å². The van der Waals surface area contributed by atoms with Gasteiger partial charge in [0.25, 0.3) is 11.8 Å². The van der Waals surface area contributed by atoms with Crippen LogP contribution in [-0.4, -0.2) is 16.9 Å². The van der Waals surface area contributed by atoms with E-state index < -0.39 is 11.8 Å². The number of anilines is 1. The highest BCUT2D eigenvalue weighted by atomic mass is 79.9. The van der Waals surface area contributed by atoms with Crippen LogP contribution in [0.25, 0.3) is 6.08 Å². The average Bonchev–Trinajstić information content (AvgIpc) is 3.07. The molecule has 0 aliphatic carbocycles. The lowest BCUT2D eigenvalue weighted by Crippen LogP contribution is -2.54. The van der Waals surface area contributed by atoms with Crippen molar-refractivity contribution in [1.29, 1.82) is 0 Å². The molecule has 5 nitrogen and oxygen atoms in total. The maximum absolute atomic E-state index is 13.1. The van der Waals surface area contributed by atoms with Crippen molar-refractivity contribution in [3.63, 3.8) is 0 Å². The second-order valence-electron chi connectivity index (χ2n) is 6.63. The summed E-state index contributed by atoms with van der Waals surface area (Å²) in [5, 5.41) is 3.84. The number of furan rings is 1. The fourth-order valence-electron chi connectivity index (χ4n) is 2.85. The molecule has 31 heavy (non-hydrogen) atoms. The Morgan fingerprint density at radius 3 is 2.48 bits per heavy atom. The monoisotopic (exact) mass is 532 g/mol. The normalized spacial score (nSPS) is 15.5. The third-order valence-electron chi connectivity index (χ3n) is 4.38. The summed E-state index contributed by atoms with van der Waals surface area (Å²) in [6.07, 6.45) is 1.41. The molecular formula is C22H14BrClN2O3S2. The molecule has 2 heterocycles. The fraction of sp³-hybridized carbons (Fsp3) is 0.0455. The maximum atomic E-state index is 13.1. The molecule has 3 aromatic rings. The Hall–Kier alpha value is -2.39. The van der Waals surface area contributed by atoms with Gasteiger partial charge in [-0.25, -0.2) is 0 Å². The van der Waals surface area contributed by atoms with E-state index in [0.717, 1.165) is 10.5 Å². The van der Waals surface area contributed by atoms with Gasteiger partial charge in [-0.15, -0.1) is 0 Å². The van der Waals surface area contributed by atoms with E-state index in [0.29, 0.717) is 26.0 Å². The van der Waals surface area contributed by atoms with Crippen molar-refractivity contribution in [3.05, 3.63) is 81.0 Å². The molecule has 1 saturated heterocycles. The topological polar surface area (TPSA) is 62.6 Å². The van der Waals surface area contributed by atoms with Gasteiger partial charge in [-0.1, -0.05) is 41.1 Å². The molecule has 0 bridgehead atoms. The van der Waals surface area contributed by atoms with E-state index in [4.69, 9.17) is 28.2 Å². The predicted octanol–water partition coefficient (Wildman–Crippen LogP) is 5.99. The van der Waals surface area contributed by atoms with Crippen LogP contribution in [0.1, 0.15) is 11.3 Å². The van der Waals surface area contributed by atoms with E-state index in [9.17, 15) is 9.59 Å². The highest BCUT2D eigenvalue weighted by molar-refractivity contribution is 9.10. The van der Waals surface area contributed by atoms with Crippen LogP contribution >= 0.6 is 51.5 Å². The van der Waals surface area contributed by atoms with Crippen LogP contribution in [0.2, 0.25) is 5.02 Å². The van der Waals surface area contributed by atoms with Crippen LogP contribution in [0.5, 0.6) is 0 Å². The number of nitrogens with one attached hydrogen (secondary N) is 1. The van der Waals surface area contributed by atoms with Crippen molar-refractivity contribution in [2.45, 2.75) is 16.9 Å². The summed E-state index contributed by atoms with van der Waals surface area (Å²) in [5.74, 6) is -0.728. The molecule has 0 spiro atoms. The van der Waals surface area contributed by atoms with Crippen LogP contribution in [0.4, 0.5) is 5.69 Å². The Kier molecular flexibility index (Phi) is 6.34. The lowest BCUT2D eigenvalue weighted by Gasteiger charge is -2.28. The van der Waals surface area contributed by atoms with Gasteiger partial charge in [0.2, 0.25) is 0 Å². The lowest BCUT2D eigenvalue weighted by molar-refractivity contribution is -0.122. The van der Waals surface area contributed by atoms with Gasteiger partial charge in [0.1, 0.15) is 11.3 Å². The molecule has 4 rings (SSSR count). The second-order valence-corrected chi connectivity index (χ2v) is 9.36.